The molecule has 0 unspecified atom stereocenters. The fourth-order valence-corrected chi connectivity index (χ4v) is 2.94. The first-order chi connectivity index (χ1) is 11.5. The van der Waals surface area contributed by atoms with E-state index in [1.807, 2.05) is 25.1 Å². The van der Waals surface area contributed by atoms with Crippen LogP contribution in [0, 0.1) is 0 Å². The van der Waals surface area contributed by atoms with E-state index in [4.69, 9.17) is 4.74 Å². The van der Waals surface area contributed by atoms with Crippen molar-refractivity contribution in [1.82, 2.24) is 9.55 Å². The van der Waals surface area contributed by atoms with Gasteiger partial charge in [-0.1, -0.05) is 28.1 Å². The number of halogens is 1. The van der Waals surface area contributed by atoms with Gasteiger partial charge in [-0.25, -0.2) is 9.78 Å². The van der Waals surface area contributed by atoms with Crippen LogP contribution in [-0.4, -0.2) is 22.6 Å². The Labute approximate surface area is 147 Å². The van der Waals surface area contributed by atoms with Crippen molar-refractivity contribution in [3.05, 3.63) is 74.7 Å². The molecular weight excluding hydrogens is 372 g/mol. The van der Waals surface area contributed by atoms with E-state index in [2.05, 4.69) is 20.9 Å². The van der Waals surface area contributed by atoms with E-state index < -0.39 is 5.97 Å². The van der Waals surface area contributed by atoms with Crippen molar-refractivity contribution in [2.24, 2.45) is 0 Å². The Hall–Kier alpha value is -2.47. The molecule has 0 bridgehead atoms. The van der Waals surface area contributed by atoms with Crippen molar-refractivity contribution in [2.45, 2.75) is 13.0 Å². The Bertz CT molecular complexity index is 981. The quantitative estimate of drug-likeness (QED) is 0.645. The highest BCUT2D eigenvalue weighted by atomic mass is 79.9. The van der Waals surface area contributed by atoms with Crippen molar-refractivity contribution in [3.8, 4) is 0 Å². The third-order valence-corrected chi connectivity index (χ3v) is 4.45. The molecule has 122 valence electrons. The van der Waals surface area contributed by atoms with E-state index >= 15 is 0 Å². The summed E-state index contributed by atoms with van der Waals surface area (Å²) in [5.74, 6) is -0.405. The fraction of sp³-hybridized carbons (Fsp3) is 0.167. The molecule has 0 aliphatic rings. The summed E-state index contributed by atoms with van der Waals surface area (Å²) in [6.45, 7) is 1.89. The molecule has 0 N–H and O–H groups in total. The zero-order valence-corrected chi connectivity index (χ0v) is 14.8. The summed E-state index contributed by atoms with van der Waals surface area (Å²) >= 11 is 3.38. The third-order valence-electron chi connectivity index (χ3n) is 3.95. The lowest BCUT2D eigenvalue weighted by Crippen LogP contribution is -2.24. The molecule has 0 saturated carbocycles. The molecule has 3 aromatic rings. The molecule has 1 heterocycles. The van der Waals surface area contributed by atoms with Crippen LogP contribution < -0.4 is 5.56 Å². The first kappa shape index (κ1) is 16.4. The highest BCUT2D eigenvalue weighted by Crippen LogP contribution is 2.20. The molecule has 5 nitrogen and oxygen atoms in total. The third kappa shape index (κ3) is 2.97. The molecule has 0 radical (unpaired) electrons. The van der Waals surface area contributed by atoms with Crippen LogP contribution in [0.5, 0.6) is 0 Å². The SMILES string of the molecule is COC(=O)c1cccc([C@@H](C)n2cnc3cc(Br)ccc3c2=O)c1. The standard InChI is InChI=1S/C18H15BrN2O3/c1-11(12-4-3-5-13(8-12)18(23)24-2)21-10-20-16-9-14(19)6-7-15(16)17(21)22/h3-11H,1-2H3/t11-/m1/s1. The predicted octanol–water partition coefficient (Wildman–Crippen LogP) is 3.55. The average molecular weight is 387 g/mol. The second kappa shape index (κ2) is 6.57. The molecule has 1 aromatic heterocycles. The minimum Gasteiger partial charge on any atom is -0.465 e. The highest BCUT2D eigenvalue weighted by molar-refractivity contribution is 9.10. The van der Waals surface area contributed by atoms with Gasteiger partial charge in [0.1, 0.15) is 0 Å². The Kier molecular flexibility index (Phi) is 4.49. The van der Waals surface area contributed by atoms with Crippen molar-refractivity contribution in [2.75, 3.05) is 7.11 Å². The number of esters is 1. The van der Waals surface area contributed by atoms with E-state index in [-0.39, 0.29) is 11.6 Å². The van der Waals surface area contributed by atoms with Gasteiger partial charge >= 0.3 is 5.97 Å². The predicted molar refractivity (Wildman–Crippen MR) is 95.3 cm³/mol. The van der Waals surface area contributed by atoms with E-state index in [1.54, 1.807) is 28.8 Å². The van der Waals surface area contributed by atoms with Crippen molar-refractivity contribution in [3.63, 3.8) is 0 Å². The van der Waals surface area contributed by atoms with Gasteiger partial charge in [0, 0.05) is 4.47 Å². The van der Waals surface area contributed by atoms with Crippen molar-refractivity contribution < 1.29 is 9.53 Å². The molecule has 1 atom stereocenters. The number of carbonyl (C=O) groups excluding carboxylic acids is 1. The number of rotatable bonds is 3. The first-order valence-corrected chi connectivity index (χ1v) is 8.15. The molecule has 0 amide bonds. The van der Waals surface area contributed by atoms with Gasteiger partial charge in [0.15, 0.2) is 0 Å². The van der Waals surface area contributed by atoms with E-state index in [0.29, 0.717) is 16.5 Å². The summed E-state index contributed by atoms with van der Waals surface area (Å²) in [6, 6.07) is 12.2. The molecule has 0 aliphatic heterocycles. The number of aromatic nitrogens is 2. The molecule has 0 saturated heterocycles. The molecular formula is C18H15BrN2O3. The Morgan fingerprint density at radius 2 is 2.04 bits per heavy atom. The molecule has 0 fully saturated rings. The van der Waals surface area contributed by atoms with Crippen LogP contribution in [0.2, 0.25) is 0 Å². The number of hydrogen-bond donors (Lipinski definition) is 0. The largest absolute Gasteiger partial charge is 0.465 e. The first-order valence-electron chi connectivity index (χ1n) is 7.36. The summed E-state index contributed by atoms with van der Waals surface area (Å²) in [4.78, 5) is 28.8. The summed E-state index contributed by atoms with van der Waals surface area (Å²) in [5.41, 5.74) is 1.80. The Morgan fingerprint density at radius 3 is 2.79 bits per heavy atom. The Balaban J connectivity index is 2.07. The van der Waals surface area contributed by atoms with Crippen LogP contribution in [0.25, 0.3) is 10.9 Å². The van der Waals surface area contributed by atoms with E-state index in [9.17, 15) is 9.59 Å². The molecule has 0 spiro atoms. The number of hydrogen-bond acceptors (Lipinski definition) is 4. The van der Waals surface area contributed by atoms with Crippen molar-refractivity contribution >= 4 is 32.8 Å². The second-order valence-corrected chi connectivity index (χ2v) is 6.33. The van der Waals surface area contributed by atoms with Crippen LogP contribution in [0.15, 0.2) is 58.1 Å². The molecule has 6 heteroatoms. The average Bonchev–Trinajstić information content (AvgIpc) is 2.60. The van der Waals surface area contributed by atoms with Crippen LogP contribution in [0.3, 0.4) is 0 Å². The van der Waals surface area contributed by atoms with Crippen LogP contribution in [0.1, 0.15) is 28.9 Å². The molecule has 0 aliphatic carbocycles. The number of nitrogens with zero attached hydrogens (tertiary/aromatic N) is 2. The zero-order chi connectivity index (χ0) is 17.3. The smallest absolute Gasteiger partial charge is 0.337 e. The van der Waals surface area contributed by atoms with Crippen LogP contribution >= 0.6 is 15.9 Å². The van der Waals surface area contributed by atoms with Crippen molar-refractivity contribution in [1.29, 1.82) is 0 Å². The van der Waals surface area contributed by atoms with Gasteiger partial charge in [-0.3, -0.25) is 9.36 Å². The molecule has 3 rings (SSSR count). The van der Waals surface area contributed by atoms with Gasteiger partial charge in [0.25, 0.3) is 5.56 Å². The summed E-state index contributed by atoms with van der Waals surface area (Å²) < 4.78 is 7.18. The summed E-state index contributed by atoms with van der Waals surface area (Å²) in [7, 11) is 1.34. The number of ether oxygens (including phenoxy) is 1. The second-order valence-electron chi connectivity index (χ2n) is 5.41. The molecule has 24 heavy (non-hydrogen) atoms. The van der Waals surface area contributed by atoms with Gasteiger partial charge in [0.2, 0.25) is 0 Å². The van der Waals surface area contributed by atoms with Gasteiger partial charge in [0.05, 0.1) is 35.9 Å². The highest BCUT2D eigenvalue weighted by Gasteiger charge is 2.14. The number of carbonyl (C=O) groups is 1. The monoisotopic (exact) mass is 386 g/mol. The normalized spacial score (nSPS) is 12.1. The lowest BCUT2D eigenvalue weighted by atomic mass is 10.0. The van der Waals surface area contributed by atoms with Gasteiger partial charge in [-0.05, 0) is 42.8 Å². The lowest BCUT2D eigenvalue weighted by molar-refractivity contribution is 0.0600. The zero-order valence-electron chi connectivity index (χ0n) is 13.2. The van der Waals surface area contributed by atoms with Gasteiger partial charge in [-0.15, -0.1) is 0 Å². The maximum atomic E-state index is 12.7. The fourth-order valence-electron chi connectivity index (χ4n) is 2.59. The minimum atomic E-state index is -0.405. The maximum Gasteiger partial charge on any atom is 0.337 e. The van der Waals surface area contributed by atoms with E-state index in [0.717, 1.165) is 10.0 Å². The van der Waals surface area contributed by atoms with E-state index in [1.165, 1.54) is 13.4 Å². The van der Waals surface area contributed by atoms with Gasteiger partial charge in [-0.2, -0.15) is 0 Å². The number of fused-ring (bicyclic) bond motifs is 1. The lowest BCUT2D eigenvalue weighted by Gasteiger charge is -2.16. The summed E-state index contributed by atoms with van der Waals surface area (Å²) in [5, 5.41) is 0.552. The number of benzene rings is 2. The van der Waals surface area contributed by atoms with Crippen LogP contribution in [-0.2, 0) is 4.74 Å². The topological polar surface area (TPSA) is 61.2 Å². The number of methoxy groups -OCH3 is 1. The minimum absolute atomic E-state index is 0.122. The summed E-state index contributed by atoms with van der Waals surface area (Å²) in [6.07, 6.45) is 1.53. The van der Waals surface area contributed by atoms with Gasteiger partial charge < -0.3 is 4.74 Å². The Morgan fingerprint density at radius 1 is 1.25 bits per heavy atom. The van der Waals surface area contributed by atoms with Crippen LogP contribution in [0.4, 0.5) is 0 Å². The molecule has 2 aromatic carbocycles. The maximum absolute atomic E-state index is 12.7.